The van der Waals surface area contributed by atoms with Gasteiger partial charge in [0.25, 0.3) is 0 Å². The quantitative estimate of drug-likeness (QED) is 0.454. The molecule has 0 nitrogen and oxygen atoms in total. The summed E-state index contributed by atoms with van der Waals surface area (Å²) in [6.07, 6.45) is 6.61. The van der Waals surface area contributed by atoms with Crippen LogP contribution in [0.4, 0.5) is 0 Å². The molecule has 0 bridgehead atoms. The highest BCUT2D eigenvalue weighted by Crippen LogP contribution is 2.20. The molecule has 0 atom stereocenters. The molecule has 0 radical (unpaired) electrons. The van der Waals surface area contributed by atoms with Gasteiger partial charge in [-0.25, -0.2) is 0 Å². The standard InChI is InChI=1S/C24H24/c1-17(2)13-22-11-8-20(15-19(22)4)6-7-21-9-12-23-14-18(3)5-10-24(23)16-21/h5-16H,1-4H3. The maximum atomic E-state index is 2.25. The van der Waals surface area contributed by atoms with E-state index in [9.17, 15) is 0 Å². The van der Waals surface area contributed by atoms with Crippen molar-refractivity contribution in [3.63, 3.8) is 0 Å². The molecule has 0 aliphatic rings. The van der Waals surface area contributed by atoms with Gasteiger partial charge in [0.15, 0.2) is 0 Å². The van der Waals surface area contributed by atoms with Crippen molar-refractivity contribution < 1.29 is 0 Å². The minimum Gasteiger partial charge on any atom is -0.0758 e. The zero-order valence-electron chi connectivity index (χ0n) is 14.9. The molecule has 0 aromatic heterocycles. The Kier molecular flexibility index (Phi) is 4.66. The average Bonchev–Trinajstić information content (AvgIpc) is 2.55. The summed E-state index contributed by atoms with van der Waals surface area (Å²) in [6.45, 7) is 8.57. The van der Waals surface area contributed by atoms with Gasteiger partial charge in [-0.05, 0) is 66.8 Å². The van der Waals surface area contributed by atoms with Crippen molar-refractivity contribution in [3.05, 3.63) is 88.0 Å². The van der Waals surface area contributed by atoms with Gasteiger partial charge < -0.3 is 0 Å². The van der Waals surface area contributed by atoms with E-state index in [1.807, 2.05) is 0 Å². The monoisotopic (exact) mass is 312 g/mol. The molecule has 3 aromatic rings. The first kappa shape index (κ1) is 16.3. The minimum absolute atomic E-state index is 1.23. The molecule has 0 spiro atoms. The highest BCUT2D eigenvalue weighted by molar-refractivity contribution is 5.86. The lowest BCUT2D eigenvalue weighted by atomic mass is 10.0. The molecule has 0 unspecified atom stereocenters. The Bertz CT molecular complexity index is 935. The van der Waals surface area contributed by atoms with Crippen LogP contribution in [0.25, 0.3) is 29.0 Å². The van der Waals surface area contributed by atoms with Gasteiger partial charge in [0.05, 0.1) is 0 Å². The number of allylic oxidation sites excluding steroid dienone is 1. The Labute approximate surface area is 145 Å². The van der Waals surface area contributed by atoms with Crippen LogP contribution in [-0.4, -0.2) is 0 Å². The van der Waals surface area contributed by atoms with E-state index in [0.29, 0.717) is 0 Å². The molecule has 0 aliphatic heterocycles. The van der Waals surface area contributed by atoms with Crippen LogP contribution in [0.15, 0.2) is 60.2 Å². The summed E-state index contributed by atoms with van der Waals surface area (Å²) in [4.78, 5) is 0. The van der Waals surface area contributed by atoms with E-state index in [0.717, 1.165) is 0 Å². The second-order valence-electron chi connectivity index (χ2n) is 6.78. The highest BCUT2D eigenvalue weighted by atomic mass is 14.0. The van der Waals surface area contributed by atoms with Gasteiger partial charge in [-0.15, -0.1) is 0 Å². The first-order valence-corrected chi connectivity index (χ1v) is 8.45. The summed E-state index contributed by atoms with van der Waals surface area (Å²) in [5, 5.41) is 2.59. The zero-order chi connectivity index (χ0) is 17.1. The molecule has 24 heavy (non-hydrogen) atoms. The van der Waals surface area contributed by atoms with Crippen LogP contribution in [0.1, 0.15) is 41.7 Å². The van der Waals surface area contributed by atoms with Crippen LogP contribution >= 0.6 is 0 Å². The first-order chi connectivity index (χ1) is 11.5. The lowest BCUT2D eigenvalue weighted by Gasteiger charge is -2.04. The molecule has 3 rings (SSSR count). The molecule has 0 N–H and O–H groups in total. The summed E-state index contributed by atoms with van der Waals surface area (Å²) in [7, 11) is 0. The van der Waals surface area contributed by atoms with E-state index >= 15 is 0 Å². The second-order valence-corrected chi connectivity index (χ2v) is 6.78. The predicted molar refractivity (Wildman–Crippen MR) is 108 cm³/mol. The van der Waals surface area contributed by atoms with Crippen LogP contribution in [0.5, 0.6) is 0 Å². The molecular formula is C24H24. The van der Waals surface area contributed by atoms with Crippen molar-refractivity contribution in [2.24, 2.45) is 0 Å². The van der Waals surface area contributed by atoms with Crippen LogP contribution in [-0.2, 0) is 0 Å². The number of hydrogen-bond donors (Lipinski definition) is 0. The van der Waals surface area contributed by atoms with Crippen molar-refractivity contribution in [1.29, 1.82) is 0 Å². The van der Waals surface area contributed by atoms with Gasteiger partial charge in [0.2, 0.25) is 0 Å². The summed E-state index contributed by atoms with van der Waals surface area (Å²) in [5.74, 6) is 0. The third kappa shape index (κ3) is 3.83. The fourth-order valence-corrected chi connectivity index (χ4v) is 2.96. The summed E-state index contributed by atoms with van der Waals surface area (Å²) in [5.41, 5.74) is 7.71. The molecule has 0 saturated carbocycles. The maximum absolute atomic E-state index is 2.25. The van der Waals surface area contributed by atoms with E-state index in [-0.39, 0.29) is 0 Å². The van der Waals surface area contributed by atoms with Gasteiger partial charge >= 0.3 is 0 Å². The van der Waals surface area contributed by atoms with E-state index in [1.54, 1.807) is 0 Å². The van der Waals surface area contributed by atoms with E-state index in [4.69, 9.17) is 0 Å². The van der Waals surface area contributed by atoms with Gasteiger partial charge in [0.1, 0.15) is 0 Å². The van der Waals surface area contributed by atoms with E-state index < -0.39 is 0 Å². The number of benzene rings is 3. The van der Waals surface area contributed by atoms with Crippen LogP contribution in [0.3, 0.4) is 0 Å². The fraction of sp³-hybridized carbons (Fsp3) is 0.167. The van der Waals surface area contributed by atoms with Crippen molar-refractivity contribution in [2.45, 2.75) is 27.7 Å². The Balaban J connectivity index is 1.86. The van der Waals surface area contributed by atoms with Crippen molar-refractivity contribution in [1.82, 2.24) is 0 Å². The third-order valence-electron chi connectivity index (χ3n) is 4.23. The lowest BCUT2D eigenvalue weighted by molar-refractivity contribution is 1.38. The number of fused-ring (bicyclic) bond motifs is 1. The zero-order valence-corrected chi connectivity index (χ0v) is 14.9. The smallest absolute Gasteiger partial charge is 0.0178 e. The third-order valence-corrected chi connectivity index (χ3v) is 4.23. The molecule has 0 fully saturated rings. The van der Waals surface area contributed by atoms with Crippen LogP contribution < -0.4 is 0 Å². The largest absolute Gasteiger partial charge is 0.0758 e. The molecular weight excluding hydrogens is 288 g/mol. The molecule has 0 heterocycles. The number of aryl methyl sites for hydroxylation is 2. The topological polar surface area (TPSA) is 0 Å². The predicted octanol–water partition coefficient (Wildman–Crippen LogP) is 7.05. The maximum Gasteiger partial charge on any atom is -0.0178 e. The average molecular weight is 312 g/mol. The minimum atomic E-state index is 1.23. The molecule has 0 aliphatic carbocycles. The Morgan fingerprint density at radius 2 is 1.33 bits per heavy atom. The highest BCUT2D eigenvalue weighted by Gasteiger charge is 1.98. The molecule has 120 valence electrons. The Morgan fingerprint density at radius 3 is 2.04 bits per heavy atom. The van der Waals surface area contributed by atoms with E-state index in [1.165, 1.54) is 44.2 Å². The normalized spacial score (nSPS) is 11.2. The molecule has 0 amide bonds. The van der Waals surface area contributed by atoms with Gasteiger partial charge in [-0.2, -0.15) is 0 Å². The number of hydrogen-bond acceptors (Lipinski definition) is 0. The van der Waals surface area contributed by atoms with Crippen LogP contribution in [0, 0.1) is 13.8 Å². The fourth-order valence-electron chi connectivity index (χ4n) is 2.96. The summed E-state index contributed by atoms with van der Waals surface area (Å²) in [6, 6.07) is 19.8. The Hall–Kier alpha value is -2.60. The lowest BCUT2D eigenvalue weighted by Crippen LogP contribution is -1.83. The second kappa shape index (κ2) is 6.88. The summed E-state index contributed by atoms with van der Waals surface area (Å²) < 4.78 is 0. The first-order valence-electron chi connectivity index (χ1n) is 8.45. The molecule has 3 aromatic carbocycles. The van der Waals surface area contributed by atoms with Crippen LogP contribution in [0.2, 0.25) is 0 Å². The van der Waals surface area contributed by atoms with Gasteiger partial charge in [-0.1, -0.05) is 77.9 Å². The molecule has 0 saturated heterocycles. The van der Waals surface area contributed by atoms with Crippen molar-refractivity contribution >= 4 is 29.0 Å². The summed E-state index contributed by atoms with van der Waals surface area (Å²) >= 11 is 0. The van der Waals surface area contributed by atoms with Crippen molar-refractivity contribution in [2.75, 3.05) is 0 Å². The van der Waals surface area contributed by atoms with Gasteiger partial charge in [-0.3, -0.25) is 0 Å². The SMILES string of the molecule is CC(C)=Cc1ccc(C=Cc2ccc3cc(C)ccc3c2)cc1C. The van der Waals surface area contributed by atoms with E-state index in [2.05, 4.69) is 101 Å². The Morgan fingerprint density at radius 1 is 0.708 bits per heavy atom. The number of rotatable bonds is 3. The van der Waals surface area contributed by atoms with Gasteiger partial charge in [0, 0.05) is 0 Å². The van der Waals surface area contributed by atoms with Crippen molar-refractivity contribution in [3.8, 4) is 0 Å². The molecule has 0 heteroatoms.